The molecule has 0 radical (unpaired) electrons. The number of rotatable bonds is 3. The highest BCUT2D eigenvalue weighted by Gasteiger charge is 2.18. The maximum absolute atomic E-state index is 11.7. The first-order chi connectivity index (χ1) is 7.29. The summed E-state index contributed by atoms with van der Waals surface area (Å²) in [6, 6.07) is 2.05. The van der Waals surface area contributed by atoms with Crippen LogP contribution >= 0.6 is 12.4 Å². The predicted molar refractivity (Wildman–Crippen MR) is 64.0 cm³/mol. The van der Waals surface area contributed by atoms with Crippen molar-refractivity contribution in [2.45, 2.75) is 25.8 Å². The Labute approximate surface area is 101 Å². The molecule has 6 heteroatoms. The summed E-state index contributed by atoms with van der Waals surface area (Å²) in [4.78, 5) is 11.7. The number of hydrogen-bond acceptors (Lipinski definition) is 3. The van der Waals surface area contributed by atoms with Crippen LogP contribution in [0.2, 0.25) is 0 Å². The Bertz CT molecular complexity index is 346. The summed E-state index contributed by atoms with van der Waals surface area (Å²) in [5, 5.41) is 13.0. The van der Waals surface area contributed by atoms with Gasteiger partial charge in [0.25, 0.3) is 5.91 Å². The largest absolute Gasteiger partial charge is 0.347 e. The fourth-order valence-corrected chi connectivity index (χ4v) is 1.70. The van der Waals surface area contributed by atoms with Crippen molar-refractivity contribution in [3.05, 3.63) is 17.5 Å². The van der Waals surface area contributed by atoms with Crippen LogP contribution in [0, 0.1) is 0 Å². The lowest BCUT2D eigenvalue weighted by atomic mass is 10.2. The zero-order valence-corrected chi connectivity index (χ0v) is 10.1. The molecule has 0 spiro atoms. The molecule has 1 fully saturated rings. The number of nitrogens with one attached hydrogen (secondary N) is 3. The average Bonchev–Trinajstić information content (AvgIpc) is 2.86. The average molecular weight is 245 g/mol. The van der Waals surface area contributed by atoms with Crippen LogP contribution in [0.1, 0.15) is 29.5 Å². The van der Waals surface area contributed by atoms with Gasteiger partial charge in [0, 0.05) is 18.3 Å². The van der Waals surface area contributed by atoms with Crippen molar-refractivity contribution in [2.24, 2.45) is 0 Å². The normalized spacial score (nSPS) is 19.2. The van der Waals surface area contributed by atoms with Crippen molar-refractivity contribution in [3.63, 3.8) is 0 Å². The van der Waals surface area contributed by atoms with Crippen LogP contribution < -0.4 is 10.6 Å². The third kappa shape index (κ3) is 2.96. The summed E-state index contributed by atoms with van der Waals surface area (Å²) in [5.41, 5.74) is 1.48. The maximum Gasteiger partial charge on any atom is 0.272 e. The molecule has 90 valence electrons. The fraction of sp³-hybridized carbons (Fsp3) is 0.600. The van der Waals surface area contributed by atoms with E-state index in [1.165, 1.54) is 0 Å². The van der Waals surface area contributed by atoms with E-state index in [1.807, 2.05) is 6.92 Å². The highest BCUT2D eigenvalue weighted by molar-refractivity contribution is 5.92. The van der Waals surface area contributed by atoms with E-state index in [0.29, 0.717) is 5.69 Å². The topological polar surface area (TPSA) is 69.8 Å². The number of carbonyl (C=O) groups is 1. The molecule has 1 saturated heterocycles. The third-order valence-corrected chi connectivity index (χ3v) is 2.64. The molecular weight excluding hydrogens is 228 g/mol. The maximum atomic E-state index is 11.7. The standard InChI is InChI=1S/C10H16N4O.ClH/c1-2-7-5-9(14-13-7)10(15)12-8-3-4-11-6-8;/h5,8,11H,2-4,6H2,1H3,(H,12,15)(H,13,14);1H. The Morgan fingerprint density at radius 1 is 1.69 bits per heavy atom. The zero-order valence-electron chi connectivity index (χ0n) is 9.25. The second kappa shape index (κ2) is 5.86. The van der Waals surface area contributed by atoms with E-state index in [4.69, 9.17) is 0 Å². The number of halogens is 1. The molecule has 3 N–H and O–H groups in total. The van der Waals surface area contributed by atoms with Crippen molar-refractivity contribution in [2.75, 3.05) is 13.1 Å². The minimum absolute atomic E-state index is 0. The molecule has 0 saturated carbocycles. The molecule has 1 aromatic rings. The lowest BCUT2D eigenvalue weighted by Crippen LogP contribution is -2.36. The first kappa shape index (κ1) is 13.0. The van der Waals surface area contributed by atoms with Gasteiger partial charge in [0.2, 0.25) is 0 Å². The molecule has 16 heavy (non-hydrogen) atoms. The van der Waals surface area contributed by atoms with Crippen LogP contribution in [0.4, 0.5) is 0 Å². The van der Waals surface area contributed by atoms with Gasteiger partial charge in [-0.05, 0) is 25.5 Å². The van der Waals surface area contributed by atoms with Gasteiger partial charge in [-0.2, -0.15) is 5.10 Å². The first-order valence-electron chi connectivity index (χ1n) is 5.35. The third-order valence-electron chi connectivity index (χ3n) is 2.64. The van der Waals surface area contributed by atoms with E-state index in [2.05, 4.69) is 20.8 Å². The van der Waals surface area contributed by atoms with Crippen molar-refractivity contribution >= 4 is 18.3 Å². The van der Waals surface area contributed by atoms with Gasteiger partial charge in [0.15, 0.2) is 0 Å². The van der Waals surface area contributed by atoms with Crippen LogP contribution in [0.25, 0.3) is 0 Å². The minimum Gasteiger partial charge on any atom is -0.347 e. The fourth-order valence-electron chi connectivity index (χ4n) is 1.70. The highest BCUT2D eigenvalue weighted by atomic mass is 35.5. The lowest BCUT2D eigenvalue weighted by Gasteiger charge is -2.08. The molecule has 1 aliphatic rings. The van der Waals surface area contributed by atoms with E-state index in [9.17, 15) is 4.79 Å². The number of aromatic amines is 1. The molecule has 0 bridgehead atoms. The van der Waals surface area contributed by atoms with Gasteiger partial charge in [0.1, 0.15) is 5.69 Å². The smallest absolute Gasteiger partial charge is 0.272 e. The second-order valence-corrected chi connectivity index (χ2v) is 3.80. The molecule has 5 nitrogen and oxygen atoms in total. The Balaban J connectivity index is 0.00000128. The van der Waals surface area contributed by atoms with Crippen molar-refractivity contribution in [3.8, 4) is 0 Å². The molecule has 1 aromatic heterocycles. The van der Waals surface area contributed by atoms with Crippen LogP contribution in [0.15, 0.2) is 6.07 Å². The van der Waals surface area contributed by atoms with Gasteiger partial charge in [0.05, 0.1) is 0 Å². The van der Waals surface area contributed by atoms with Crippen molar-refractivity contribution in [1.82, 2.24) is 20.8 Å². The quantitative estimate of drug-likeness (QED) is 0.725. The molecule has 0 aromatic carbocycles. The van der Waals surface area contributed by atoms with Crippen molar-refractivity contribution < 1.29 is 4.79 Å². The van der Waals surface area contributed by atoms with Crippen LogP contribution in [0.5, 0.6) is 0 Å². The summed E-state index contributed by atoms with van der Waals surface area (Å²) in [6.07, 6.45) is 1.86. The van der Waals surface area contributed by atoms with Crippen LogP contribution in [-0.4, -0.2) is 35.2 Å². The van der Waals surface area contributed by atoms with E-state index < -0.39 is 0 Å². The summed E-state index contributed by atoms with van der Waals surface area (Å²) in [6.45, 7) is 3.86. The Morgan fingerprint density at radius 2 is 2.50 bits per heavy atom. The summed E-state index contributed by atoms with van der Waals surface area (Å²) >= 11 is 0. The number of nitrogens with zero attached hydrogens (tertiary/aromatic N) is 1. The number of carbonyl (C=O) groups excluding carboxylic acids is 1. The van der Waals surface area contributed by atoms with Crippen molar-refractivity contribution in [1.29, 1.82) is 0 Å². The molecule has 2 heterocycles. The number of H-pyrrole nitrogens is 1. The molecule has 1 atom stereocenters. The number of amides is 1. The molecular formula is C10H17ClN4O. The summed E-state index contributed by atoms with van der Waals surface area (Å²) in [7, 11) is 0. The monoisotopic (exact) mass is 244 g/mol. The predicted octanol–water partition coefficient (Wildman–Crippen LogP) is 0.486. The second-order valence-electron chi connectivity index (χ2n) is 3.80. The summed E-state index contributed by atoms with van der Waals surface area (Å²) < 4.78 is 0. The van der Waals surface area contributed by atoms with Gasteiger partial charge < -0.3 is 10.6 Å². The summed E-state index contributed by atoms with van der Waals surface area (Å²) in [5.74, 6) is -0.0837. The minimum atomic E-state index is -0.0837. The van der Waals surface area contributed by atoms with E-state index in [0.717, 1.165) is 31.6 Å². The van der Waals surface area contributed by atoms with Gasteiger partial charge in [-0.3, -0.25) is 9.89 Å². The van der Waals surface area contributed by atoms with E-state index in [-0.39, 0.29) is 24.4 Å². The van der Waals surface area contributed by atoms with Gasteiger partial charge in [-0.25, -0.2) is 0 Å². The Morgan fingerprint density at radius 3 is 3.06 bits per heavy atom. The Kier molecular flexibility index (Phi) is 4.76. The van der Waals surface area contributed by atoms with Gasteiger partial charge in [-0.1, -0.05) is 6.92 Å². The SMILES string of the molecule is CCc1cc(C(=O)NC2CCNC2)n[nH]1.Cl. The van der Waals surface area contributed by atoms with E-state index >= 15 is 0 Å². The first-order valence-corrected chi connectivity index (χ1v) is 5.35. The van der Waals surface area contributed by atoms with E-state index in [1.54, 1.807) is 6.07 Å². The molecule has 0 aliphatic carbocycles. The van der Waals surface area contributed by atoms with Crippen LogP contribution in [0.3, 0.4) is 0 Å². The zero-order chi connectivity index (χ0) is 10.7. The molecule has 1 unspecified atom stereocenters. The Hall–Kier alpha value is -1.07. The number of aromatic nitrogens is 2. The number of hydrogen-bond donors (Lipinski definition) is 3. The molecule has 1 amide bonds. The van der Waals surface area contributed by atoms with Crippen LogP contribution in [-0.2, 0) is 6.42 Å². The van der Waals surface area contributed by atoms with Gasteiger partial charge >= 0.3 is 0 Å². The molecule has 1 aliphatic heterocycles. The lowest BCUT2D eigenvalue weighted by molar-refractivity contribution is 0.0935. The highest BCUT2D eigenvalue weighted by Crippen LogP contribution is 2.03. The molecule has 2 rings (SSSR count). The number of aryl methyl sites for hydroxylation is 1. The van der Waals surface area contributed by atoms with Gasteiger partial charge in [-0.15, -0.1) is 12.4 Å².